The predicted molar refractivity (Wildman–Crippen MR) is 73.5 cm³/mol. The molecule has 0 amide bonds. The Hall–Kier alpha value is -0.0900. The first kappa shape index (κ1) is 14.0. The molecule has 2 nitrogen and oxygen atoms in total. The number of nitrogens with one attached hydrogen (secondary N) is 2. The Morgan fingerprint density at radius 3 is 2.50 bits per heavy atom. The smallest absolute Gasteiger partial charge is 0.0587 e. The van der Waals surface area contributed by atoms with Gasteiger partial charge in [-0.25, -0.2) is 0 Å². The molecule has 0 aliphatic heterocycles. The lowest BCUT2D eigenvalue weighted by atomic mass is 10.1. The molecule has 0 saturated carbocycles. The number of hydrogen-bond donors (Lipinski definition) is 2. The summed E-state index contributed by atoms with van der Waals surface area (Å²) in [7, 11) is 0. The van der Waals surface area contributed by atoms with Gasteiger partial charge in [0.2, 0.25) is 0 Å². The second-order valence-corrected chi connectivity index (χ2v) is 6.35. The van der Waals surface area contributed by atoms with Crippen LogP contribution in [0.25, 0.3) is 0 Å². The van der Waals surface area contributed by atoms with E-state index in [1.165, 1.54) is 10.4 Å². The molecular formula is C12H21ClN2S. The van der Waals surface area contributed by atoms with Crippen LogP contribution in [0.4, 0.5) is 0 Å². The fraction of sp³-hybridized carbons (Fsp3) is 0.667. The molecule has 0 bridgehead atoms. The molecule has 0 spiro atoms. The minimum atomic E-state index is 0.193. The largest absolute Gasteiger partial charge is 0.311 e. The number of rotatable bonds is 5. The molecule has 0 unspecified atom stereocenters. The van der Waals surface area contributed by atoms with Gasteiger partial charge < -0.3 is 10.6 Å². The quantitative estimate of drug-likeness (QED) is 0.795. The van der Waals surface area contributed by atoms with Crippen LogP contribution in [0.1, 0.15) is 31.2 Å². The Morgan fingerprint density at radius 1 is 1.31 bits per heavy atom. The van der Waals surface area contributed by atoms with Gasteiger partial charge in [0.25, 0.3) is 0 Å². The van der Waals surface area contributed by atoms with Gasteiger partial charge in [0, 0.05) is 30.1 Å². The van der Waals surface area contributed by atoms with Crippen molar-refractivity contribution in [3.63, 3.8) is 0 Å². The molecule has 1 aromatic rings. The van der Waals surface area contributed by atoms with Gasteiger partial charge in [0.05, 0.1) is 5.02 Å². The van der Waals surface area contributed by atoms with Crippen molar-refractivity contribution in [1.82, 2.24) is 10.6 Å². The molecule has 4 heteroatoms. The van der Waals surface area contributed by atoms with Gasteiger partial charge in [0.1, 0.15) is 0 Å². The predicted octanol–water partition coefficient (Wildman–Crippen LogP) is 3.19. The third kappa shape index (κ3) is 4.83. The zero-order valence-corrected chi connectivity index (χ0v) is 12.1. The zero-order chi connectivity index (χ0) is 12.2. The van der Waals surface area contributed by atoms with Crippen LogP contribution in [-0.2, 0) is 6.54 Å². The van der Waals surface area contributed by atoms with Crippen LogP contribution in [0, 0.1) is 6.92 Å². The van der Waals surface area contributed by atoms with Gasteiger partial charge in [-0.3, -0.25) is 0 Å². The average Bonchev–Trinajstić information content (AvgIpc) is 2.47. The molecule has 0 aliphatic carbocycles. The molecule has 0 aromatic carbocycles. The van der Waals surface area contributed by atoms with Gasteiger partial charge in [-0.1, -0.05) is 11.6 Å². The molecule has 1 heterocycles. The molecule has 16 heavy (non-hydrogen) atoms. The van der Waals surface area contributed by atoms with Crippen molar-refractivity contribution in [1.29, 1.82) is 0 Å². The van der Waals surface area contributed by atoms with E-state index in [1.54, 1.807) is 11.3 Å². The van der Waals surface area contributed by atoms with Gasteiger partial charge in [-0.15, -0.1) is 11.3 Å². The number of hydrogen-bond acceptors (Lipinski definition) is 3. The highest BCUT2D eigenvalue weighted by Crippen LogP contribution is 2.26. The summed E-state index contributed by atoms with van der Waals surface area (Å²) < 4.78 is 0. The van der Waals surface area contributed by atoms with E-state index in [-0.39, 0.29) is 5.54 Å². The first-order valence-electron chi connectivity index (χ1n) is 5.58. The second kappa shape index (κ2) is 6.01. The van der Waals surface area contributed by atoms with E-state index in [0.29, 0.717) is 0 Å². The van der Waals surface area contributed by atoms with E-state index in [4.69, 9.17) is 11.6 Å². The maximum atomic E-state index is 6.15. The lowest BCUT2D eigenvalue weighted by Crippen LogP contribution is -2.40. The van der Waals surface area contributed by atoms with Crippen LogP contribution in [0.5, 0.6) is 0 Å². The molecule has 1 rings (SSSR count). The van der Waals surface area contributed by atoms with E-state index < -0.39 is 0 Å². The highest BCUT2D eigenvalue weighted by molar-refractivity contribution is 7.10. The summed E-state index contributed by atoms with van der Waals surface area (Å²) in [5.74, 6) is 0. The standard InChI is InChI=1S/C12H21ClN2S/c1-9-8-16-10(11(9)13)7-14-5-6-15-12(2,3)4/h8,14-15H,5-7H2,1-4H3. The van der Waals surface area contributed by atoms with Crippen LogP contribution in [0.2, 0.25) is 5.02 Å². The van der Waals surface area contributed by atoms with Gasteiger partial charge in [-0.05, 0) is 38.6 Å². The van der Waals surface area contributed by atoms with Gasteiger partial charge >= 0.3 is 0 Å². The topological polar surface area (TPSA) is 24.1 Å². The van der Waals surface area contributed by atoms with E-state index in [1.807, 2.05) is 6.92 Å². The Balaban J connectivity index is 2.19. The molecule has 1 aromatic heterocycles. The number of aryl methyl sites for hydroxylation is 1. The molecule has 0 aliphatic rings. The van der Waals surface area contributed by atoms with Crippen molar-refractivity contribution < 1.29 is 0 Å². The Bertz CT molecular complexity index is 328. The van der Waals surface area contributed by atoms with Crippen molar-refractivity contribution in [2.45, 2.75) is 39.8 Å². The molecule has 0 saturated heterocycles. The first-order chi connectivity index (χ1) is 7.40. The monoisotopic (exact) mass is 260 g/mol. The fourth-order valence-electron chi connectivity index (χ4n) is 1.33. The third-order valence-corrected chi connectivity index (χ3v) is 3.95. The van der Waals surface area contributed by atoms with E-state index in [9.17, 15) is 0 Å². The van der Waals surface area contributed by atoms with Crippen LogP contribution in [0.3, 0.4) is 0 Å². The summed E-state index contributed by atoms with van der Waals surface area (Å²) in [5.41, 5.74) is 1.37. The summed E-state index contributed by atoms with van der Waals surface area (Å²) in [6.45, 7) is 11.4. The zero-order valence-electron chi connectivity index (χ0n) is 10.5. The summed E-state index contributed by atoms with van der Waals surface area (Å²) in [4.78, 5) is 1.23. The first-order valence-corrected chi connectivity index (χ1v) is 6.84. The lowest BCUT2D eigenvalue weighted by molar-refractivity contribution is 0.422. The third-order valence-electron chi connectivity index (χ3n) is 2.21. The van der Waals surface area contributed by atoms with Crippen molar-refractivity contribution in [2.24, 2.45) is 0 Å². The van der Waals surface area contributed by atoms with Crippen molar-refractivity contribution in [2.75, 3.05) is 13.1 Å². The summed E-state index contributed by atoms with van der Waals surface area (Å²) in [6.07, 6.45) is 0. The molecule has 92 valence electrons. The average molecular weight is 261 g/mol. The van der Waals surface area contributed by atoms with Gasteiger partial charge in [-0.2, -0.15) is 0 Å². The van der Waals surface area contributed by atoms with Crippen LogP contribution >= 0.6 is 22.9 Å². The Kier molecular flexibility index (Phi) is 5.25. The van der Waals surface area contributed by atoms with E-state index in [2.05, 4.69) is 36.8 Å². The van der Waals surface area contributed by atoms with Crippen LogP contribution < -0.4 is 10.6 Å². The lowest BCUT2D eigenvalue weighted by Gasteiger charge is -2.20. The van der Waals surface area contributed by atoms with Crippen LogP contribution in [0.15, 0.2) is 5.38 Å². The van der Waals surface area contributed by atoms with Crippen molar-refractivity contribution in [3.8, 4) is 0 Å². The maximum absolute atomic E-state index is 6.15. The minimum Gasteiger partial charge on any atom is -0.311 e. The van der Waals surface area contributed by atoms with Crippen molar-refractivity contribution >= 4 is 22.9 Å². The van der Waals surface area contributed by atoms with E-state index in [0.717, 1.165) is 24.7 Å². The highest BCUT2D eigenvalue weighted by atomic mass is 35.5. The maximum Gasteiger partial charge on any atom is 0.0587 e. The Labute approximate surface area is 107 Å². The summed E-state index contributed by atoms with van der Waals surface area (Å²) >= 11 is 7.87. The fourth-order valence-corrected chi connectivity index (χ4v) is 2.54. The summed E-state index contributed by atoms with van der Waals surface area (Å²) in [6, 6.07) is 0. The minimum absolute atomic E-state index is 0.193. The van der Waals surface area contributed by atoms with Gasteiger partial charge in [0.15, 0.2) is 0 Å². The molecule has 0 atom stereocenters. The molecule has 0 radical (unpaired) electrons. The molecular weight excluding hydrogens is 240 g/mol. The van der Waals surface area contributed by atoms with Crippen LogP contribution in [-0.4, -0.2) is 18.6 Å². The summed E-state index contributed by atoms with van der Waals surface area (Å²) in [5, 5.41) is 9.85. The Morgan fingerprint density at radius 2 is 2.00 bits per heavy atom. The molecule has 0 fully saturated rings. The second-order valence-electron chi connectivity index (χ2n) is 5.01. The normalized spacial score (nSPS) is 12.1. The highest BCUT2D eigenvalue weighted by Gasteiger charge is 2.08. The van der Waals surface area contributed by atoms with Crippen molar-refractivity contribution in [3.05, 3.63) is 20.8 Å². The SMILES string of the molecule is Cc1csc(CNCCNC(C)(C)C)c1Cl. The van der Waals surface area contributed by atoms with E-state index >= 15 is 0 Å². The number of halogens is 1. The number of thiophene rings is 1. The molecule has 2 N–H and O–H groups in total.